The number of rotatable bonds is 5. The summed E-state index contributed by atoms with van der Waals surface area (Å²) in [7, 11) is 0. The molecule has 5 heteroatoms. The Balaban J connectivity index is 1.84. The molecule has 0 unspecified atom stereocenters. The highest BCUT2D eigenvalue weighted by atomic mass is 32.1. The molecule has 23 heavy (non-hydrogen) atoms. The number of nitrogens with zero attached hydrogens (tertiary/aromatic N) is 2. The zero-order valence-electron chi connectivity index (χ0n) is 13.2. The van der Waals surface area contributed by atoms with E-state index in [0.29, 0.717) is 13.1 Å². The monoisotopic (exact) mass is 342 g/mol. The lowest BCUT2D eigenvalue weighted by Gasteiger charge is -2.20. The first-order valence-corrected chi connectivity index (χ1v) is 9.23. The van der Waals surface area contributed by atoms with Crippen molar-refractivity contribution in [2.75, 3.05) is 6.54 Å². The minimum atomic E-state index is 0.0640. The van der Waals surface area contributed by atoms with Gasteiger partial charge in [0.2, 0.25) is 0 Å². The van der Waals surface area contributed by atoms with Crippen LogP contribution < -0.4 is 0 Å². The molecule has 3 rings (SSSR count). The maximum Gasteiger partial charge on any atom is 0.266 e. The molecule has 1 aromatic carbocycles. The van der Waals surface area contributed by atoms with Crippen molar-refractivity contribution in [3.05, 3.63) is 64.0 Å². The predicted molar refractivity (Wildman–Crippen MR) is 97.0 cm³/mol. The molecule has 118 valence electrons. The van der Waals surface area contributed by atoms with Crippen LogP contribution in [0.4, 0.5) is 0 Å². The summed E-state index contributed by atoms with van der Waals surface area (Å²) in [6.07, 6.45) is 0. The average molecular weight is 342 g/mol. The van der Waals surface area contributed by atoms with Gasteiger partial charge >= 0.3 is 0 Å². The topological polar surface area (TPSA) is 33.2 Å². The van der Waals surface area contributed by atoms with Crippen LogP contribution in [0, 0.1) is 6.92 Å². The minimum absolute atomic E-state index is 0.0640. The largest absolute Gasteiger partial charge is 0.334 e. The summed E-state index contributed by atoms with van der Waals surface area (Å²) in [5, 5.41) is 2.96. The summed E-state index contributed by atoms with van der Waals surface area (Å²) < 4.78 is 0. The molecule has 1 amide bonds. The SMILES string of the molecule is CCN(Cc1ccccc1)C(=O)c1sc(-c2cccs2)nc1C. The van der Waals surface area contributed by atoms with Crippen LogP contribution in [0.25, 0.3) is 9.88 Å². The molecule has 0 aliphatic carbocycles. The number of aryl methyl sites for hydroxylation is 1. The molecule has 2 heterocycles. The Morgan fingerprint density at radius 1 is 1.17 bits per heavy atom. The second kappa shape index (κ2) is 7.06. The molecular formula is C18H18N2OS2. The van der Waals surface area contributed by atoms with Crippen molar-refractivity contribution >= 4 is 28.6 Å². The molecule has 0 spiro atoms. The summed E-state index contributed by atoms with van der Waals surface area (Å²) in [5.74, 6) is 0.0640. The first-order chi connectivity index (χ1) is 11.2. The van der Waals surface area contributed by atoms with Crippen molar-refractivity contribution in [1.29, 1.82) is 0 Å². The molecule has 0 saturated heterocycles. The molecule has 0 bridgehead atoms. The highest BCUT2D eigenvalue weighted by Crippen LogP contribution is 2.31. The van der Waals surface area contributed by atoms with Gasteiger partial charge in [0, 0.05) is 13.1 Å². The number of amides is 1. The van der Waals surface area contributed by atoms with E-state index < -0.39 is 0 Å². The van der Waals surface area contributed by atoms with Crippen LogP contribution in [0.1, 0.15) is 27.9 Å². The van der Waals surface area contributed by atoms with Crippen LogP contribution in [0.5, 0.6) is 0 Å². The van der Waals surface area contributed by atoms with Gasteiger partial charge in [0.15, 0.2) is 0 Å². The van der Waals surface area contributed by atoms with Gasteiger partial charge in [-0.15, -0.1) is 22.7 Å². The third kappa shape index (κ3) is 3.51. The number of thiophene rings is 1. The number of carbonyl (C=O) groups is 1. The number of hydrogen-bond acceptors (Lipinski definition) is 4. The summed E-state index contributed by atoms with van der Waals surface area (Å²) >= 11 is 3.14. The van der Waals surface area contributed by atoms with Crippen molar-refractivity contribution in [3.63, 3.8) is 0 Å². The van der Waals surface area contributed by atoms with E-state index in [4.69, 9.17) is 0 Å². The molecule has 0 fully saturated rings. The second-order valence-electron chi connectivity index (χ2n) is 5.22. The Morgan fingerprint density at radius 2 is 1.96 bits per heavy atom. The van der Waals surface area contributed by atoms with Crippen LogP contribution in [-0.2, 0) is 6.54 Å². The zero-order chi connectivity index (χ0) is 16.2. The van der Waals surface area contributed by atoms with Gasteiger partial charge in [-0.25, -0.2) is 4.98 Å². The Hall–Kier alpha value is -1.98. The van der Waals surface area contributed by atoms with Gasteiger partial charge in [-0.1, -0.05) is 36.4 Å². The second-order valence-corrected chi connectivity index (χ2v) is 7.16. The van der Waals surface area contributed by atoms with Crippen LogP contribution >= 0.6 is 22.7 Å². The lowest BCUT2D eigenvalue weighted by Crippen LogP contribution is -2.30. The van der Waals surface area contributed by atoms with Gasteiger partial charge in [-0.2, -0.15) is 0 Å². The van der Waals surface area contributed by atoms with Crippen LogP contribution in [0.3, 0.4) is 0 Å². The fourth-order valence-corrected chi connectivity index (χ4v) is 4.21. The number of aromatic nitrogens is 1. The van der Waals surface area contributed by atoms with Crippen LogP contribution in [-0.4, -0.2) is 22.3 Å². The average Bonchev–Trinajstić information content (AvgIpc) is 3.22. The molecule has 3 aromatic rings. The van der Waals surface area contributed by atoms with Gasteiger partial charge in [0.05, 0.1) is 10.6 Å². The molecule has 2 aromatic heterocycles. The summed E-state index contributed by atoms with van der Waals surface area (Å²) in [6.45, 7) is 5.23. The van der Waals surface area contributed by atoms with E-state index in [1.54, 1.807) is 11.3 Å². The Kier molecular flexibility index (Phi) is 4.88. The smallest absolute Gasteiger partial charge is 0.266 e. The third-order valence-corrected chi connectivity index (χ3v) is 5.79. The van der Waals surface area contributed by atoms with Crippen molar-refractivity contribution in [1.82, 2.24) is 9.88 Å². The Labute approximate surface area is 144 Å². The van der Waals surface area contributed by atoms with E-state index >= 15 is 0 Å². The van der Waals surface area contributed by atoms with Crippen molar-refractivity contribution < 1.29 is 4.79 Å². The van der Waals surface area contributed by atoms with Crippen LogP contribution in [0.15, 0.2) is 47.8 Å². The third-order valence-electron chi connectivity index (χ3n) is 3.61. The lowest BCUT2D eigenvalue weighted by atomic mass is 10.2. The Morgan fingerprint density at radius 3 is 2.61 bits per heavy atom. The minimum Gasteiger partial charge on any atom is -0.334 e. The van der Waals surface area contributed by atoms with E-state index in [0.717, 1.165) is 26.0 Å². The fourth-order valence-electron chi connectivity index (χ4n) is 2.38. The van der Waals surface area contributed by atoms with Gasteiger partial charge in [-0.3, -0.25) is 4.79 Å². The standard InChI is InChI=1S/C18H18N2OS2/c1-3-20(12-14-8-5-4-6-9-14)18(21)16-13(2)19-17(23-16)15-10-7-11-22-15/h4-11H,3,12H2,1-2H3. The molecule has 3 nitrogen and oxygen atoms in total. The molecule has 0 aliphatic rings. The zero-order valence-corrected chi connectivity index (χ0v) is 14.8. The predicted octanol–water partition coefficient (Wildman–Crippen LogP) is 4.84. The lowest BCUT2D eigenvalue weighted by molar-refractivity contribution is 0.0756. The fraction of sp³-hybridized carbons (Fsp3) is 0.222. The maximum atomic E-state index is 12.9. The number of carbonyl (C=O) groups excluding carboxylic acids is 1. The van der Waals surface area contributed by atoms with Crippen molar-refractivity contribution in [3.8, 4) is 9.88 Å². The first-order valence-electron chi connectivity index (χ1n) is 7.53. The number of thiazole rings is 1. The molecule has 0 saturated carbocycles. The van der Waals surface area contributed by atoms with Gasteiger partial charge in [0.25, 0.3) is 5.91 Å². The van der Waals surface area contributed by atoms with Gasteiger partial charge in [0.1, 0.15) is 9.88 Å². The summed E-state index contributed by atoms with van der Waals surface area (Å²) in [5.41, 5.74) is 1.96. The van der Waals surface area contributed by atoms with Crippen molar-refractivity contribution in [2.24, 2.45) is 0 Å². The van der Waals surface area contributed by atoms with E-state index in [2.05, 4.69) is 4.98 Å². The molecule has 0 atom stereocenters. The molecule has 0 radical (unpaired) electrons. The van der Waals surface area contributed by atoms with Gasteiger partial charge < -0.3 is 4.90 Å². The van der Waals surface area contributed by atoms with E-state index in [-0.39, 0.29) is 5.91 Å². The summed E-state index contributed by atoms with van der Waals surface area (Å²) in [6, 6.07) is 14.1. The van der Waals surface area contributed by atoms with E-state index in [9.17, 15) is 4.79 Å². The highest BCUT2D eigenvalue weighted by molar-refractivity contribution is 7.22. The van der Waals surface area contributed by atoms with E-state index in [1.165, 1.54) is 11.3 Å². The maximum absolute atomic E-state index is 12.9. The Bertz CT molecular complexity index is 779. The van der Waals surface area contributed by atoms with Crippen LogP contribution in [0.2, 0.25) is 0 Å². The number of benzene rings is 1. The van der Waals surface area contributed by atoms with Gasteiger partial charge in [-0.05, 0) is 30.9 Å². The molecule has 0 N–H and O–H groups in total. The number of hydrogen-bond donors (Lipinski definition) is 0. The van der Waals surface area contributed by atoms with Crippen molar-refractivity contribution in [2.45, 2.75) is 20.4 Å². The quantitative estimate of drug-likeness (QED) is 0.664. The first kappa shape index (κ1) is 15.9. The van der Waals surface area contributed by atoms with E-state index in [1.807, 2.05) is 66.6 Å². The molecular weight excluding hydrogens is 324 g/mol. The molecule has 0 aliphatic heterocycles. The summed E-state index contributed by atoms with van der Waals surface area (Å²) in [4.78, 5) is 21.2. The highest BCUT2D eigenvalue weighted by Gasteiger charge is 2.21. The normalized spacial score (nSPS) is 10.7.